The van der Waals surface area contributed by atoms with Crippen LogP contribution in [0.1, 0.15) is 0 Å². The number of hydrogen-bond acceptors (Lipinski definition) is 5. The van der Waals surface area contributed by atoms with Gasteiger partial charge in [-0.1, -0.05) is 31.2 Å². The van der Waals surface area contributed by atoms with Gasteiger partial charge in [-0.3, -0.25) is 0 Å². The first-order valence-electron chi connectivity index (χ1n) is 8.05. The van der Waals surface area contributed by atoms with Crippen LogP contribution in [0.15, 0.2) is 35.4 Å². The molecule has 2 rings (SSSR count). The zero-order valence-corrected chi connectivity index (χ0v) is 17.7. The van der Waals surface area contributed by atoms with Crippen molar-refractivity contribution in [3.05, 3.63) is 47.1 Å². The van der Waals surface area contributed by atoms with E-state index in [1.807, 2.05) is 0 Å². The van der Waals surface area contributed by atoms with E-state index in [-0.39, 0.29) is 12.5 Å². The molecule has 0 aliphatic heterocycles. The number of rotatable bonds is 8. The van der Waals surface area contributed by atoms with Gasteiger partial charge in [-0.2, -0.15) is 5.10 Å². The summed E-state index contributed by atoms with van der Waals surface area (Å²) in [5, 5.41) is 6.91. The highest BCUT2D eigenvalue weighted by molar-refractivity contribution is 7.92. The van der Waals surface area contributed by atoms with E-state index in [9.17, 15) is 17.2 Å². The summed E-state index contributed by atoms with van der Waals surface area (Å²) < 4.78 is 59.8. The summed E-state index contributed by atoms with van der Waals surface area (Å²) in [5.41, 5.74) is 0. The first-order chi connectivity index (χ1) is 12.5. The van der Waals surface area contributed by atoms with Gasteiger partial charge in [0.05, 0.1) is 5.02 Å². The molecule has 0 amide bonds. The number of aromatic nitrogens is 2. The van der Waals surface area contributed by atoms with Crippen molar-refractivity contribution in [3.63, 3.8) is 0 Å². The Labute approximate surface area is 163 Å². The second-order valence-corrected chi connectivity index (χ2v) is 14.8. The lowest BCUT2D eigenvalue weighted by Crippen LogP contribution is -2.35. The highest BCUT2D eigenvalue weighted by Crippen LogP contribution is 2.27. The number of hydrogen-bond donors (Lipinski definition) is 0. The highest BCUT2D eigenvalue weighted by Gasteiger charge is 2.30. The quantitative estimate of drug-likeness (QED) is 0.272. The van der Waals surface area contributed by atoms with E-state index in [0.717, 1.165) is 16.4 Å². The molecule has 27 heavy (non-hydrogen) atoms. The van der Waals surface area contributed by atoms with Crippen LogP contribution in [0.5, 0.6) is 0 Å². The molecule has 0 N–H and O–H groups in total. The maximum Gasteiger partial charge on any atom is 0.270 e. The highest BCUT2D eigenvalue weighted by atomic mass is 35.5. The zero-order chi connectivity index (χ0) is 20.2. The van der Waals surface area contributed by atoms with Gasteiger partial charge in [-0.05, 0) is 24.2 Å². The minimum Gasteiger partial charge on any atom is -0.360 e. The summed E-state index contributed by atoms with van der Waals surface area (Å²) in [4.78, 5) is -0.770. The summed E-state index contributed by atoms with van der Waals surface area (Å²) in [6.45, 7) is 6.42. The molecule has 1 aromatic heterocycles. The number of sulfonamides is 1. The van der Waals surface area contributed by atoms with Crippen molar-refractivity contribution in [2.24, 2.45) is 0 Å². The molecule has 0 aliphatic carbocycles. The van der Waals surface area contributed by atoms with Crippen molar-refractivity contribution in [2.75, 3.05) is 17.6 Å². The molecule has 0 saturated heterocycles. The van der Waals surface area contributed by atoms with E-state index in [4.69, 9.17) is 16.3 Å². The van der Waals surface area contributed by atoms with Crippen molar-refractivity contribution in [2.45, 2.75) is 30.6 Å². The Morgan fingerprint density at radius 2 is 1.93 bits per heavy atom. The molecule has 2 aromatic rings. The predicted octanol–water partition coefficient (Wildman–Crippen LogP) is 3.92. The Kier molecular flexibility index (Phi) is 6.90. The summed E-state index contributed by atoms with van der Waals surface area (Å²) >= 11 is 5.64. The topological polar surface area (TPSA) is 72.4 Å². The van der Waals surface area contributed by atoms with Crippen LogP contribution in [0, 0.1) is 11.6 Å². The SMILES string of the molecule is C[Si](C)(C)CCOCN(c1cccnn1)S(=O)(=O)c1cc(Cl)c(F)cc1F. The lowest BCUT2D eigenvalue weighted by atomic mass is 10.3. The second kappa shape index (κ2) is 8.59. The van der Waals surface area contributed by atoms with E-state index < -0.39 is 39.6 Å². The monoisotopic (exact) mass is 435 g/mol. The largest absolute Gasteiger partial charge is 0.360 e. The molecular weight excluding hydrogens is 416 g/mol. The first kappa shape index (κ1) is 21.7. The molecule has 0 spiro atoms. The fraction of sp³-hybridized carbons (Fsp3) is 0.375. The van der Waals surface area contributed by atoms with Gasteiger partial charge in [-0.25, -0.2) is 21.5 Å². The number of halogens is 3. The third-order valence-electron chi connectivity index (χ3n) is 3.56. The molecule has 0 unspecified atom stereocenters. The van der Waals surface area contributed by atoms with Gasteiger partial charge in [0.1, 0.15) is 23.3 Å². The van der Waals surface area contributed by atoms with E-state index in [1.54, 1.807) is 0 Å². The molecule has 0 radical (unpaired) electrons. The van der Waals surface area contributed by atoms with Gasteiger partial charge in [0.25, 0.3) is 10.0 Å². The summed E-state index contributed by atoms with van der Waals surface area (Å²) in [5.74, 6) is -2.36. The Hall–Kier alpha value is -1.62. The average molecular weight is 436 g/mol. The summed E-state index contributed by atoms with van der Waals surface area (Å²) in [6, 6.07) is 4.86. The van der Waals surface area contributed by atoms with Crippen LogP contribution in [0.25, 0.3) is 0 Å². The summed E-state index contributed by atoms with van der Waals surface area (Å²) in [7, 11) is -5.83. The minimum absolute atomic E-state index is 0.0506. The van der Waals surface area contributed by atoms with Crippen molar-refractivity contribution >= 4 is 35.5 Å². The van der Waals surface area contributed by atoms with Crippen LogP contribution in [0.3, 0.4) is 0 Å². The Bertz CT molecular complexity index is 896. The first-order valence-corrected chi connectivity index (χ1v) is 13.6. The molecule has 11 heteroatoms. The summed E-state index contributed by atoms with van der Waals surface area (Å²) in [6.07, 6.45) is 1.37. The molecule has 0 saturated carbocycles. The number of nitrogens with zero attached hydrogens (tertiary/aromatic N) is 3. The van der Waals surface area contributed by atoms with Gasteiger partial charge in [0.15, 0.2) is 5.82 Å². The van der Waals surface area contributed by atoms with Gasteiger partial charge in [0, 0.05) is 26.9 Å². The Balaban J connectivity index is 2.36. The van der Waals surface area contributed by atoms with E-state index >= 15 is 0 Å². The third kappa shape index (κ3) is 5.68. The van der Waals surface area contributed by atoms with Crippen LogP contribution in [0.4, 0.5) is 14.6 Å². The Morgan fingerprint density at radius 1 is 1.22 bits per heavy atom. The van der Waals surface area contributed by atoms with Crippen molar-refractivity contribution in [3.8, 4) is 0 Å². The van der Waals surface area contributed by atoms with Crippen LogP contribution in [0.2, 0.25) is 30.7 Å². The Morgan fingerprint density at radius 3 is 2.52 bits per heavy atom. The van der Waals surface area contributed by atoms with Gasteiger partial charge >= 0.3 is 0 Å². The van der Waals surface area contributed by atoms with Crippen LogP contribution in [-0.2, 0) is 14.8 Å². The number of benzene rings is 1. The molecule has 0 bridgehead atoms. The van der Waals surface area contributed by atoms with Crippen molar-refractivity contribution < 1.29 is 21.9 Å². The lowest BCUT2D eigenvalue weighted by Gasteiger charge is -2.24. The maximum absolute atomic E-state index is 14.2. The molecule has 148 valence electrons. The predicted molar refractivity (Wildman–Crippen MR) is 102 cm³/mol. The second-order valence-electron chi connectivity index (χ2n) is 6.98. The maximum atomic E-state index is 14.2. The van der Waals surface area contributed by atoms with Crippen molar-refractivity contribution in [1.82, 2.24) is 10.2 Å². The fourth-order valence-corrected chi connectivity index (χ4v) is 4.38. The number of anilines is 1. The normalized spacial score (nSPS) is 12.2. The number of ether oxygens (including phenoxy) is 1. The molecule has 1 aromatic carbocycles. The fourth-order valence-electron chi connectivity index (χ4n) is 2.03. The van der Waals surface area contributed by atoms with Gasteiger partial charge in [-0.15, -0.1) is 5.10 Å². The smallest absolute Gasteiger partial charge is 0.270 e. The molecule has 0 aliphatic rings. The van der Waals surface area contributed by atoms with Crippen LogP contribution >= 0.6 is 11.6 Å². The van der Waals surface area contributed by atoms with Crippen LogP contribution in [-0.4, -0.2) is 40.0 Å². The molecule has 0 atom stereocenters. The van der Waals surface area contributed by atoms with E-state index in [0.29, 0.717) is 12.7 Å². The van der Waals surface area contributed by atoms with E-state index in [2.05, 4.69) is 29.8 Å². The third-order valence-corrected chi connectivity index (χ3v) is 7.30. The average Bonchev–Trinajstić information content (AvgIpc) is 2.57. The zero-order valence-electron chi connectivity index (χ0n) is 15.1. The van der Waals surface area contributed by atoms with E-state index in [1.165, 1.54) is 18.3 Å². The standard InChI is InChI=1S/C16H20ClF2N3O3SSi/c1-27(2,3)8-7-25-11-22(16-5-4-6-20-21-16)26(23,24)15-9-12(17)13(18)10-14(15)19/h4-6,9-10H,7-8,11H2,1-3H3. The molecular formula is C16H20ClF2N3O3SSi. The lowest BCUT2D eigenvalue weighted by molar-refractivity contribution is 0.156. The minimum atomic E-state index is -4.45. The molecule has 1 heterocycles. The van der Waals surface area contributed by atoms with Crippen molar-refractivity contribution in [1.29, 1.82) is 0 Å². The van der Waals surface area contributed by atoms with Gasteiger partial charge in [0.2, 0.25) is 0 Å². The molecule has 6 nitrogen and oxygen atoms in total. The van der Waals surface area contributed by atoms with Crippen LogP contribution < -0.4 is 4.31 Å². The van der Waals surface area contributed by atoms with Gasteiger partial charge < -0.3 is 4.74 Å². The molecule has 0 fully saturated rings.